The second-order valence-electron chi connectivity index (χ2n) is 4.46. The van der Waals surface area contributed by atoms with Crippen molar-refractivity contribution in [3.8, 4) is 0 Å². The summed E-state index contributed by atoms with van der Waals surface area (Å²) >= 11 is 0. The van der Waals surface area contributed by atoms with Crippen LogP contribution >= 0.6 is 0 Å². The van der Waals surface area contributed by atoms with Crippen molar-refractivity contribution in [3.63, 3.8) is 0 Å². The monoisotopic (exact) mass is 182 g/mol. The zero-order chi connectivity index (χ0) is 10.4. The van der Waals surface area contributed by atoms with E-state index in [-0.39, 0.29) is 0 Å². The van der Waals surface area contributed by atoms with Crippen LogP contribution in [0.25, 0.3) is 0 Å². The molecule has 0 aromatic heterocycles. The van der Waals surface area contributed by atoms with Gasteiger partial charge in [0.05, 0.1) is 0 Å². The van der Waals surface area contributed by atoms with E-state index in [0.717, 1.165) is 17.8 Å². The Balaban J connectivity index is 0.000000671. The van der Waals surface area contributed by atoms with Crippen molar-refractivity contribution in [2.75, 3.05) is 0 Å². The van der Waals surface area contributed by atoms with E-state index in [9.17, 15) is 0 Å². The molecule has 0 nitrogen and oxygen atoms in total. The summed E-state index contributed by atoms with van der Waals surface area (Å²) in [5, 5.41) is 0. The van der Waals surface area contributed by atoms with Crippen LogP contribution in [0.4, 0.5) is 0 Å². The Hall–Kier alpha value is -0.260. The van der Waals surface area contributed by atoms with Crippen molar-refractivity contribution >= 4 is 0 Å². The van der Waals surface area contributed by atoms with Gasteiger partial charge >= 0.3 is 0 Å². The lowest BCUT2D eigenvalue weighted by Crippen LogP contribution is -1.99. The SMILES string of the molecule is CC.CC(C)=C[C@@H]1CC(C)CC1C. The van der Waals surface area contributed by atoms with Gasteiger partial charge in [-0.15, -0.1) is 0 Å². The molecule has 2 unspecified atom stereocenters. The molecule has 1 saturated carbocycles. The minimum atomic E-state index is 0.870. The number of allylic oxidation sites excluding steroid dienone is 2. The lowest BCUT2D eigenvalue weighted by atomic mass is 9.96. The molecular weight excluding hydrogens is 156 g/mol. The van der Waals surface area contributed by atoms with Gasteiger partial charge in [-0.05, 0) is 44.4 Å². The first-order chi connectivity index (χ1) is 6.09. The average Bonchev–Trinajstić information content (AvgIpc) is 2.33. The smallest absolute Gasteiger partial charge is 0.0203 e. The number of hydrogen-bond acceptors (Lipinski definition) is 0. The van der Waals surface area contributed by atoms with Crippen LogP contribution in [0.1, 0.15) is 54.4 Å². The van der Waals surface area contributed by atoms with Crippen molar-refractivity contribution in [2.45, 2.75) is 54.4 Å². The fourth-order valence-electron chi connectivity index (χ4n) is 2.26. The zero-order valence-electron chi connectivity index (χ0n) is 10.2. The summed E-state index contributed by atoms with van der Waals surface area (Å²) in [5.41, 5.74) is 1.48. The Labute approximate surface area is 84.4 Å². The molecule has 1 fully saturated rings. The van der Waals surface area contributed by atoms with Gasteiger partial charge in [0, 0.05) is 0 Å². The van der Waals surface area contributed by atoms with Gasteiger partial charge in [-0.3, -0.25) is 0 Å². The highest BCUT2D eigenvalue weighted by atomic mass is 14.3. The predicted molar refractivity (Wildman–Crippen MR) is 61.8 cm³/mol. The van der Waals surface area contributed by atoms with Gasteiger partial charge in [0.25, 0.3) is 0 Å². The van der Waals surface area contributed by atoms with Gasteiger partial charge in [0.15, 0.2) is 0 Å². The van der Waals surface area contributed by atoms with E-state index in [2.05, 4.69) is 33.8 Å². The molecule has 0 radical (unpaired) electrons. The van der Waals surface area contributed by atoms with Gasteiger partial charge in [0.2, 0.25) is 0 Å². The van der Waals surface area contributed by atoms with E-state index >= 15 is 0 Å². The molecule has 0 heterocycles. The Kier molecular flexibility index (Phi) is 6.11. The standard InChI is InChI=1S/C11H20.C2H6/c1-8(2)5-11-7-9(3)6-10(11)4;1-2/h5,9-11H,6-7H2,1-4H3;1-2H3/t9?,10?,11-;/m1./s1. The first kappa shape index (κ1) is 12.7. The third-order valence-corrected chi connectivity index (χ3v) is 2.73. The zero-order valence-corrected chi connectivity index (χ0v) is 10.2. The third kappa shape index (κ3) is 4.50. The maximum Gasteiger partial charge on any atom is -0.0203 e. The first-order valence-electron chi connectivity index (χ1n) is 5.74. The summed E-state index contributed by atoms with van der Waals surface area (Å²) in [6.45, 7) is 13.2. The Morgan fingerprint density at radius 3 is 1.92 bits per heavy atom. The molecule has 78 valence electrons. The lowest BCUT2D eigenvalue weighted by Gasteiger charge is -2.09. The Morgan fingerprint density at radius 2 is 1.62 bits per heavy atom. The molecule has 0 bridgehead atoms. The minimum absolute atomic E-state index is 0.870. The van der Waals surface area contributed by atoms with Gasteiger partial charge in [-0.25, -0.2) is 0 Å². The van der Waals surface area contributed by atoms with Gasteiger partial charge in [0.1, 0.15) is 0 Å². The molecule has 3 atom stereocenters. The van der Waals surface area contributed by atoms with Gasteiger partial charge in [-0.1, -0.05) is 39.3 Å². The average molecular weight is 182 g/mol. The molecule has 0 aliphatic heterocycles. The number of hydrogen-bond donors (Lipinski definition) is 0. The van der Waals surface area contributed by atoms with E-state index in [1.807, 2.05) is 13.8 Å². The van der Waals surface area contributed by atoms with Crippen LogP contribution in [0, 0.1) is 17.8 Å². The van der Waals surface area contributed by atoms with Crippen molar-refractivity contribution in [1.82, 2.24) is 0 Å². The first-order valence-corrected chi connectivity index (χ1v) is 5.74. The normalized spacial score (nSPS) is 32.0. The molecule has 0 heteroatoms. The lowest BCUT2D eigenvalue weighted by molar-refractivity contribution is 0.500. The fraction of sp³-hybridized carbons (Fsp3) is 0.846. The van der Waals surface area contributed by atoms with Crippen LogP contribution in [0.5, 0.6) is 0 Å². The van der Waals surface area contributed by atoms with Gasteiger partial charge < -0.3 is 0 Å². The molecule has 0 saturated heterocycles. The summed E-state index contributed by atoms with van der Waals surface area (Å²) in [4.78, 5) is 0. The topological polar surface area (TPSA) is 0 Å². The van der Waals surface area contributed by atoms with E-state index < -0.39 is 0 Å². The highest BCUT2D eigenvalue weighted by Gasteiger charge is 2.26. The third-order valence-electron chi connectivity index (χ3n) is 2.73. The molecule has 1 aliphatic carbocycles. The molecule has 0 amide bonds. The molecule has 0 spiro atoms. The van der Waals surface area contributed by atoms with Crippen molar-refractivity contribution in [3.05, 3.63) is 11.6 Å². The minimum Gasteiger partial charge on any atom is -0.0825 e. The molecule has 1 rings (SSSR count). The summed E-state index contributed by atoms with van der Waals surface area (Å²) in [6.07, 6.45) is 5.29. The van der Waals surface area contributed by atoms with Crippen LogP contribution in [-0.4, -0.2) is 0 Å². The molecule has 0 aromatic carbocycles. The Bertz CT molecular complexity index is 151. The highest BCUT2D eigenvalue weighted by molar-refractivity contribution is 5.01. The van der Waals surface area contributed by atoms with Gasteiger partial charge in [-0.2, -0.15) is 0 Å². The van der Waals surface area contributed by atoms with Crippen molar-refractivity contribution in [2.24, 2.45) is 17.8 Å². The molecule has 0 aromatic rings. The van der Waals surface area contributed by atoms with Crippen molar-refractivity contribution < 1.29 is 0 Å². The maximum atomic E-state index is 2.45. The maximum absolute atomic E-state index is 2.45. The summed E-state index contributed by atoms with van der Waals surface area (Å²) < 4.78 is 0. The summed E-state index contributed by atoms with van der Waals surface area (Å²) in [7, 11) is 0. The van der Waals surface area contributed by atoms with Crippen LogP contribution in [0.2, 0.25) is 0 Å². The highest BCUT2D eigenvalue weighted by Crippen LogP contribution is 2.36. The van der Waals surface area contributed by atoms with Crippen LogP contribution in [0.3, 0.4) is 0 Å². The molecule has 13 heavy (non-hydrogen) atoms. The molecule has 1 aliphatic rings. The summed E-state index contributed by atoms with van der Waals surface area (Å²) in [6, 6.07) is 0. The van der Waals surface area contributed by atoms with Crippen LogP contribution < -0.4 is 0 Å². The van der Waals surface area contributed by atoms with Crippen LogP contribution in [-0.2, 0) is 0 Å². The quantitative estimate of drug-likeness (QED) is 0.517. The second kappa shape index (κ2) is 6.23. The van der Waals surface area contributed by atoms with E-state index in [4.69, 9.17) is 0 Å². The van der Waals surface area contributed by atoms with E-state index in [0.29, 0.717) is 0 Å². The van der Waals surface area contributed by atoms with Crippen molar-refractivity contribution in [1.29, 1.82) is 0 Å². The van der Waals surface area contributed by atoms with E-state index in [1.54, 1.807) is 0 Å². The molecular formula is C13H26. The second-order valence-corrected chi connectivity index (χ2v) is 4.46. The predicted octanol–water partition coefficient (Wildman–Crippen LogP) is 4.66. The number of rotatable bonds is 1. The Morgan fingerprint density at radius 1 is 1.08 bits per heavy atom. The van der Waals surface area contributed by atoms with E-state index in [1.165, 1.54) is 18.4 Å². The van der Waals surface area contributed by atoms with Crippen LogP contribution in [0.15, 0.2) is 11.6 Å². The largest absolute Gasteiger partial charge is 0.0825 e. The fourth-order valence-corrected chi connectivity index (χ4v) is 2.26. The summed E-state index contributed by atoms with van der Waals surface area (Å²) in [5.74, 6) is 2.74. The molecule has 0 N–H and O–H groups in total.